The van der Waals surface area contributed by atoms with Crippen molar-refractivity contribution in [2.24, 2.45) is 5.92 Å². The molecule has 8 heteroatoms. The first kappa shape index (κ1) is 37.4. The van der Waals surface area contributed by atoms with E-state index in [0.29, 0.717) is 30.3 Å². The van der Waals surface area contributed by atoms with Crippen molar-refractivity contribution in [1.82, 2.24) is 25.8 Å². The number of benzene rings is 2. The van der Waals surface area contributed by atoms with Gasteiger partial charge in [0, 0.05) is 63.8 Å². The average molecular weight is 640 g/mol. The lowest BCUT2D eigenvalue weighted by Crippen LogP contribution is -2.51. The normalized spacial score (nSPS) is 17.2. The predicted molar refractivity (Wildman–Crippen MR) is 196 cm³/mol. The fraction of sp³-hybridized carbons (Fsp3) is 0.513. The minimum absolute atomic E-state index is 0.0312. The van der Waals surface area contributed by atoms with Gasteiger partial charge in [0.2, 0.25) is 0 Å². The molecule has 1 aliphatic carbocycles. The van der Waals surface area contributed by atoms with Gasteiger partial charge in [-0.3, -0.25) is 10.2 Å². The molecule has 2 aromatic rings. The van der Waals surface area contributed by atoms with Gasteiger partial charge >= 0.3 is 0 Å². The number of fused-ring (bicyclic) bond motifs is 2. The molecule has 0 aliphatic heterocycles. The minimum Gasteiger partial charge on any atom is -0.378 e. The van der Waals surface area contributed by atoms with Crippen LogP contribution in [0.1, 0.15) is 92.1 Å². The quantitative estimate of drug-likeness (QED) is 0.139. The van der Waals surface area contributed by atoms with E-state index in [1.165, 1.54) is 5.56 Å². The molecule has 1 aliphatic rings. The molecule has 0 radical (unpaired) electrons. The van der Waals surface area contributed by atoms with E-state index in [-0.39, 0.29) is 24.0 Å². The lowest BCUT2D eigenvalue weighted by Gasteiger charge is -2.40. The van der Waals surface area contributed by atoms with Crippen LogP contribution in [-0.2, 0) is 18.3 Å². The molecule has 2 aromatic carbocycles. The summed E-state index contributed by atoms with van der Waals surface area (Å²) in [6, 6.07) is 14.7. The van der Waals surface area contributed by atoms with E-state index < -0.39 is 5.41 Å². The van der Waals surface area contributed by atoms with Gasteiger partial charge in [-0.2, -0.15) is 5.26 Å². The number of amidine groups is 1. The van der Waals surface area contributed by atoms with Crippen molar-refractivity contribution in [3.05, 3.63) is 88.6 Å². The van der Waals surface area contributed by atoms with E-state index >= 15 is 0 Å². The maximum Gasteiger partial charge on any atom is 0.253 e. The number of nitrogens with one attached hydrogen (secondary N) is 4. The molecule has 0 spiro atoms. The lowest BCUT2D eigenvalue weighted by molar-refractivity contribution is 0.0827. The van der Waals surface area contributed by atoms with Crippen molar-refractivity contribution < 1.29 is 4.79 Å². The summed E-state index contributed by atoms with van der Waals surface area (Å²) in [5, 5.41) is 29.9. The largest absolute Gasteiger partial charge is 0.378 e. The van der Waals surface area contributed by atoms with Gasteiger partial charge in [-0.25, -0.2) is 0 Å². The molecule has 0 aromatic heterocycles. The van der Waals surface area contributed by atoms with Crippen molar-refractivity contribution >= 4 is 17.4 Å². The van der Waals surface area contributed by atoms with Gasteiger partial charge < -0.3 is 25.8 Å². The van der Waals surface area contributed by atoms with E-state index in [1.54, 1.807) is 19.0 Å². The fourth-order valence-corrected chi connectivity index (χ4v) is 6.52. The van der Waals surface area contributed by atoms with E-state index in [4.69, 9.17) is 0 Å². The van der Waals surface area contributed by atoms with Gasteiger partial charge in [0.15, 0.2) is 0 Å². The summed E-state index contributed by atoms with van der Waals surface area (Å²) >= 11 is 0. The summed E-state index contributed by atoms with van der Waals surface area (Å²) in [4.78, 5) is 16.7. The van der Waals surface area contributed by atoms with Crippen LogP contribution in [0, 0.1) is 22.7 Å². The number of amides is 1. The van der Waals surface area contributed by atoms with Gasteiger partial charge in [-0.1, -0.05) is 51.6 Å². The zero-order chi connectivity index (χ0) is 35.1. The van der Waals surface area contributed by atoms with E-state index in [0.717, 1.165) is 59.3 Å². The number of nitriles is 1. The Hall–Kier alpha value is -4.09. The standard InChI is InChI=1S/C39H57N7O/c1-12-26(4)19-34(23-40)44-28(6)24-42-27(5)22-39(38(41)43-25(2)3)35-17-15-30(29(7)45(8)9)20-31(35)13-14-32-21-33(16-18-36(32)39)37(47)46(10)11/h15-18,20-21,25-27,34,42,44H,6-7,12-14,19,22,24H2,1-5,8-11H3,(H2,41,43)/t26-,27-,34?,39?/m0/s1. The molecule has 2 unspecified atom stereocenters. The monoisotopic (exact) mass is 639 g/mol. The molecule has 0 saturated carbocycles. The van der Waals surface area contributed by atoms with E-state index in [9.17, 15) is 15.5 Å². The third-order valence-electron chi connectivity index (χ3n) is 9.33. The third-order valence-corrected chi connectivity index (χ3v) is 9.33. The van der Waals surface area contributed by atoms with Crippen LogP contribution in [0.2, 0.25) is 0 Å². The second-order valence-electron chi connectivity index (χ2n) is 14.0. The molecule has 0 saturated heterocycles. The summed E-state index contributed by atoms with van der Waals surface area (Å²) in [6.07, 6.45) is 3.93. The molecule has 3 rings (SSSR count). The molecule has 254 valence electrons. The Balaban J connectivity index is 2.12. The van der Waals surface area contributed by atoms with Gasteiger partial charge in [0.1, 0.15) is 11.9 Å². The van der Waals surface area contributed by atoms with Crippen LogP contribution in [0.15, 0.2) is 55.3 Å². The number of hydrogen-bond donors (Lipinski definition) is 4. The third kappa shape index (κ3) is 8.84. The number of hydrogen-bond acceptors (Lipinski definition) is 6. The molecular weight excluding hydrogens is 582 g/mol. The van der Waals surface area contributed by atoms with Gasteiger partial charge in [-0.15, -0.1) is 0 Å². The number of aryl methyl sites for hydroxylation is 2. The Morgan fingerprint density at radius 2 is 1.53 bits per heavy atom. The first-order valence-electron chi connectivity index (χ1n) is 16.9. The molecule has 1 amide bonds. The van der Waals surface area contributed by atoms with Crippen LogP contribution >= 0.6 is 0 Å². The zero-order valence-electron chi connectivity index (χ0n) is 30.2. The Labute approximate surface area is 283 Å². The predicted octanol–water partition coefficient (Wildman–Crippen LogP) is 6.08. The summed E-state index contributed by atoms with van der Waals surface area (Å²) in [6.45, 7) is 19.6. The van der Waals surface area contributed by atoms with Gasteiger partial charge in [-0.05, 0) is 98.4 Å². The van der Waals surface area contributed by atoms with Crippen LogP contribution in [-0.4, -0.2) is 74.4 Å². The summed E-state index contributed by atoms with van der Waals surface area (Å²) < 4.78 is 0. The van der Waals surface area contributed by atoms with E-state index in [1.807, 2.05) is 31.1 Å². The van der Waals surface area contributed by atoms with Crippen LogP contribution in [0.25, 0.3) is 5.70 Å². The van der Waals surface area contributed by atoms with Crippen molar-refractivity contribution in [3.63, 3.8) is 0 Å². The highest BCUT2D eigenvalue weighted by molar-refractivity contribution is 5.97. The average Bonchev–Trinajstić information content (AvgIpc) is 3.16. The smallest absolute Gasteiger partial charge is 0.253 e. The highest BCUT2D eigenvalue weighted by Gasteiger charge is 2.45. The van der Waals surface area contributed by atoms with Crippen LogP contribution in [0.3, 0.4) is 0 Å². The molecule has 47 heavy (non-hydrogen) atoms. The second-order valence-corrected chi connectivity index (χ2v) is 14.0. The molecule has 4 N–H and O–H groups in total. The Morgan fingerprint density at radius 1 is 0.957 bits per heavy atom. The molecule has 0 bridgehead atoms. The zero-order valence-corrected chi connectivity index (χ0v) is 30.2. The Kier molecular flexibility index (Phi) is 12.8. The Bertz CT molecular complexity index is 1430. The number of rotatable bonds is 15. The highest BCUT2D eigenvalue weighted by Crippen LogP contribution is 2.45. The SMILES string of the molecule is C=C(CN[C@@H](C)CC1(C(=N)NC(C)C)c2ccc(C(=C)N(C)C)cc2CCc2cc(C(=O)N(C)C)ccc21)NC(C#N)C[C@@H](C)CC. The van der Waals surface area contributed by atoms with Crippen molar-refractivity contribution in [2.45, 2.75) is 90.3 Å². The second kappa shape index (κ2) is 16.1. The number of nitrogens with zero attached hydrogens (tertiary/aromatic N) is 3. The van der Waals surface area contributed by atoms with Crippen molar-refractivity contribution in [1.29, 1.82) is 10.7 Å². The van der Waals surface area contributed by atoms with Crippen molar-refractivity contribution in [2.75, 3.05) is 34.7 Å². The lowest BCUT2D eigenvalue weighted by atomic mass is 9.67. The maximum atomic E-state index is 13.1. The molecule has 0 heterocycles. The minimum atomic E-state index is -0.809. The van der Waals surface area contributed by atoms with Crippen LogP contribution < -0.4 is 16.0 Å². The molecule has 4 atom stereocenters. The highest BCUT2D eigenvalue weighted by atomic mass is 16.2. The molecule has 0 fully saturated rings. The van der Waals surface area contributed by atoms with Crippen molar-refractivity contribution in [3.8, 4) is 6.07 Å². The van der Waals surface area contributed by atoms with E-state index in [2.05, 4.69) is 94.1 Å². The summed E-state index contributed by atoms with van der Waals surface area (Å²) in [5.41, 5.74) is 7.00. The first-order chi connectivity index (χ1) is 22.1. The first-order valence-corrected chi connectivity index (χ1v) is 16.9. The maximum absolute atomic E-state index is 13.1. The van der Waals surface area contributed by atoms with Crippen LogP contribution in [0.5, 0.6) is 0 Å². The summed E-state index contributed by atoms with van der Waals surface area (Å²) in [7, 11) is 7.54. The molecular formula is C39H57N7O. The number of carbonyl (C=O) groups excluding carboxylic acids is 1. The Morgan fingerprint density at radius 3 is 2.04 bits per heavy atom. The van der Waals surface area contributed by atoms with Gasteiger partial charge in [0.05, 0.1) is 11.5 Å². The summed E-state index contributed by atoms with van der Waals surface area (Å²) in [5.74, 6) is 0.849. The van der Waals surface area contributed by atoms with Crippen LogP contribution in [0.4, 0.5) is 0 Å². The fourth-order valence-electron chi connectivity index (χ4n) is 6.52. The number of carbonyl (C=O) groups is 1. The molecule has 8 nitrogen and oxygen atoms in total. The topological polar surface area (TPSA) is 107 Å². The van der Waals surface area contributed by atoms with Gasteiger partial charge in [0.25, 0.3) is 5.91 Å².